The van der Waals surface area contributed by atoms with Crippen molar-refractivity contribution in [2.24, 2.45) is 5.50 Å². The maximum atomic E-state index is 8.53. The minimum absolute atomic E-state index is 0.369. The fourth-order valence-electron chi connectivity index (χ4n) is 0.405. The van der Waals surface area contributed by atoms with Gasteiger partial charge in [0.2, 0.25) is 0 Å². The van der Waals surface area contributed by atoms with Crippen LogP contribution in [0.3, 0.4) is 0 Å². The van der Waals surface area contributed by atoms with Crippen molar-refractivity contribution in [1.29, 1.82) is 0 Å². The Balaban J connectivity index is 3.31. The molecule has 9 heavy (non-hydrogen) atoms. The highest BCUT2D eigenvalue weighted by molar-refractivity contribution is 7.43. The molecule has 2 unspecified atom stereocenters. The number of ether oxygens (including phenoxy) is 1. The van der Waals surface area contributed by atoms with Gasteiger partial charge in [-0.1, -0.05) is 6.92 Å². The van der Waals surface area contributed by atoms with Crippen LogP contribution in [-0.2, 0) is 9.26 Å². The summed E-state index contributed by atoms with van der Waals surface area (Å²) in [7, 11) is -0.270. The molecule has 0 saturated heterocycles. The highest BCUT2D eigenvalue weighted by Crippen LogP contribution is 2.23. The first-order chi connectivity index (χ1) is 4.20. The average Bonchev–Trinajstić information content (AvgIpc) is 1.82. The van der Waals surface area contributed by atoms with Gasteiger partial charge >= 0.3 is 0 Å². The van der Waals surface area contributed by atoms with Crippen LogP contribution in [0.1, 0.15) is 13.3 Å². The van der Waals surface area contributed by atoms with E-state index in [0.717, 1.165) is 0 Å². The Morgan fingerprint density at radius 3 is 2.44 bits per heavy atom. The first kappa shape index (κ1) is 9.27. The Hall–Kier alpha value is 0.270. The first-order valence-electron chi connectivity index (χ1n) is 2.64. The van der Waals surface area contributed by atoms with Crippen molar-refractivity contribution in [3.63, 3.8) is 0 Å². The molecule has 0 rings (SSSR count). The fourth-order valence-corrected chi connectivity index (χ4v) is 0.881. The second-order valence-electron chi connectivity index (χ2n) is 1.48. The number of hydrogen-bond donors (Lipinski definition) is 2. The molecular weight excluding hydrogens is 141 g/mol. The van der Waals surface area contributed by atoms with Crippen molar-refractivity contribution in [2.45, 2.75) is 19.6 Å². The lowest BCUT2D eigenvalue weighted by atomic mass is 10.5. The van der Waals surface area contributed by atoms with Crippen LogP contribution in [0.5, 0.6) is 0 Å². The van der Waals surface area contributed by atoms with Crippen LogP contribution in [0.4, 0.5) is 0 Å². The quantitative estimate of drug-likeness (QED) is 0.457. The van der Waals surface area contributed by atoms with E-state index in [1.54, 1.807) is 0 Å². The molecule has 0 aromatic rings. The Bertz CT molecular complexity index is 66.8. The summed E-state index contributed by atoms with van der Waals surface area (Å²) in [6.07, 6.45) is 0.318. The standard InChI is InChI=1S/C4H12NO3P/c1-3-4(7-2)8-9(5)6/h4,6H,3,5H2,1-2H3. The van der Waals surface area contributed by atoms with E-state index in [-0.39, 0.29) is 6.29 Å². The van der Waals surface area contributed by atoms with Crippen molar-refractivity contribution in [3.8, 4) is 0 Å². The summed E-state index contributed by atoms with van der Waals surface area (Å²) >= 11 is 0. The number of nitrogens with two attached hydrogens (primary N) is 1. The molecule has 4 nitrogen and oxygen atoms in total. The highest BCUT2D eigenvalue weighted by atomic mass is 31.2. The molecule has 0 aliphatic heterocycles. The molecule has 0 aromatic heterocycles. The summed E-state index contributed by atoms with van der Waals surface area (Å²) in [6.45, 7) is 1.88. The second-order valence-corrected chi connectivity index (χ2v) is 2.30. The molecule has 2 atom stereocenters. The minimum Gasteiger partial charge on any atom is -0.355 e. The normalized spacial score (nSPS) is 17.3. The maximum absolute atomic E-state index is 8.53. The smallest absolute Gasteiger partial charge is 0.252 e. The highest BCUT2D eigenvalue weighted by Gasteiger charge is 2.07. The van der Waals surface area contributed by atoms with Crippen LogP contribution in [0.15, 0.2) is 0 Å². The van der Waals surface area contributed by atoms with Gasteiger partial charge in [0, 0.05) is 7.11 Å². The summed E-state index contributed by atoms with van der Waals surface area (Å²) in [5, 5.41) is 0. The number of hydrogen-bond acceptors (Lipinski definition) is 4. The summed E-state index contributed by atoms with van der Waals surface area (Å²) in [5.41, 5.74) is 4.96. The van der Waals surface area contributed by atoms with Crippen LogP contribution >= 0.6 is 8.53 Å². The van der Waals surface area contributed by atoms with Gasteiger partial charge in [-0.15, -0.1) is 0 Å². The molecule has 0 saturated carbocycles. The SMILES string of the molecule is CCC(OC)OP(N)O. The zero-order valence-corrected chi connectivity index (χ0v) is 6.47. The Kier molecular flexibility index (Phi) is 5.24. The van der Waals surface area contributed by atoms with E-state index in [2.05, 4.69) is 0 Å². The van der Waals surface area contributed by atoms with E-state index < -0.39 is 8.53 Å². The van der Waals surface area contributed by atoms with E-state index in [4.69, 9.17) is 19.7 Å². The van der Waals surface area contributed by atoms with Gasteiger partial charge in [0.1, 0.15) is 0 Å². The van der Waals surface area contributed by atoms with Crippen LogP contribution < -0.4 is 5.50 Å². The third-order valence-corrected chi connectivity index (χ3v) is 1.27. The molecule has 0 aliphatic carbocycles. The van der Waals surface area contributed by atoms with Gasteiger partial charge in [0.05, 0.1) is 0 Å². The number of methoxy groups -OCH3 is 1. The van der Waals surface area contributed by atoms with Gasteiger partial charge in [-0.25, -0.2) is 0 Å². The molecule has 0 fully saturated rings. The average molecular weight is 153 g/mol. The Morgan fingerprint density at radius 2 is 2.33 bits per heavy atom. The molecule has 0 spiro atoms. The molecule has 0 aromatic carbocycles. The molecule has 0 amide bonds. The van der Waals surface area contributed by atoms with Crippen molar-refractivity contribution >= 4 is 8.53 Å². The number of rotatable bonds is 4. The Morgan fingerprint density at radius 1 is 1.78 bits per heavy atom. The van der Waals surface area contributed by atoms with E-state index in [1.165, 1.54) is 7.11 Å². The summed E-state index contributed by atoms with van der Waals surface area (Å²) in [6, 6.07) is 0. The van der Waals surface area contributed by atoms with Crippen molar-refractivity contribution in [2.75, 3.05) is 7.11 Å². The third-order valence-electron chi connectivity index (χ3n) is 0.822. The lowest BCUT2D eigenvalue weighted by molar-refractivity contribution is -0.0535. The van der Waals surface area contributed by atoms with Gasteiger partial charge in [0.15, 0.2) is 6.29 Å². The van der Waals surface area contributed by atoms with Gasteiger partial charge < -0.3 is 9.63 Å². The largest absolute Gasteiger partial charge is 0.355 e. The minimum atomic E-state index is -1.78. The second kappa shape index (κ2) is 5.09. The Labute approximate surface area is 55.9 Å². The summed E-state index contributed by atoms with van der Waals surface area (Å²) in [5.74, 6) is 0. The van der Waals surface area contributed by atoms with Crippen molar-refractivity contribution in [1.82, 2.24) is 0 Å². The van der Waals surface area contributed by atoms with Crippen LogP contribution in [0.25, 0.3) is 0 Å². The van der Waals surface area contributed by atoms with E-state index in [9.17, 15) is 0 Å². The summed E-state index contributed by atoms with van der Waals surface area (Å²) in [4.78, 5) is 8.53. The zero-order chi connectivity index (χ0) is 7.28. The van der Waals surface area contributed by atoms with Crippen LogP contribution in [0.2, 0.25) is 0 Å². The van der Waals surface area contributed by atoms with Crippen LogP contribution in [-0.4, -0.2) is 18.3 Å². The molecule has 0 heterocycles. The molecule has 0 bridgehead atoms. The molecule has 56 valence electrons. The van der Waals surface area contributed by atoms with Crippen molar-refractivity contribution in [3.05, 3.63) is 0 Å². The lowest BCUT2D eigenvalue weighted by Crippen LogP contribution is -2.12. The third kappa shape index (κ3) is 4.75. The summed E-state index contributed by atoms with van der Waals surface area (Å²) < 4.78 is 9.49. The molecule has 3 N–H and O–H groups in total. The van der Waals surface area contributed by atoms with Crippen LogP contribution in [0, 0.1) is 0 Å². The molecule has 0 radical (unpaired) electrons. The van der Waals surface area contributed by atoms with E-state index in [0.29, 0.717) is 6.42 Å². The van der Waals surface area contributed by atoms with Gasteiger partial charge in [-0.05, 0) is 6.42 Å². The predicted octanol–water partition coefficient (Wildman–Crippen LogP) is 0.563. The maximum Gasteiger partial charge on any atom is 0.252 e. The molecule has 0 aliphatic rings. The monoisotopic (exact) mass is 153 g/mol. The van der Waals surface area contributed by atoms with Gasteiger partial charge in [0.25, 0.3) is 8.53 Å². The van der Waals surface area contributed by atoms with E-state index in [1.807, 2.05) is 6.92 Å². The van der Waals surface area contributed by atoms with E-state index >= 15 is 0 Å². The fraction of sp³-hybridized carbons (Fsp3) is 1.00. The molecular formula is C4H12NO3P. The predicted molar refractivity (Wildman–Crippen MR) is 35.5 cm³/mol. The van der Waals surface area contributed by atoms with Gasteiger partial charge in [-0.3, -0.25) is 10.0 Å². The first-order valence-corrected chi connectivity index (χ1v) is 3.92. The zero-order valence-electron chi connectivity index (χ0n) is 5.57. The topological polar surface area (TPSA) is 64.7 Å². The molecule has 5 heteroatoms. The van der Waals surface area contributed by atoms with Crippen molar-refractivity contribution < 1.29 is 14.2 Å². The lowest BCUT2D eigenvalue weighted by Gasteiger charge is -2.13. The van der Waals surface area contributed by atoms with Gasteiger partial charge in [-0.2, -0.15) is 0 Å².